The topological polar surface area (TPSA) is 38.7 Å². The average molecular weight is 684 g/mol. The van der Waals surface area contributed by atoms with Gasteiger partial charge in [-0.25, -0.2) is 15.0 Å². The van der Waals surface area contributed by atoms with E-state index in [1.165, 1.54) is 64.7 Å². The summed E-state index contributed by atoms with van der Waals surface area (Å²) in [7, 11) is 0. The van der Waals surface area contributed by atoms with E-state index in [-0.39, 0.29) is 5.41 Å². The molecule has 0 radical (unpaired) electrons. The fourth-order valence-electron chi connectivity index (χ4n) is 8.05. The summed E-state index contributed by atoms with van der Waals surface area (Å²) in [6.07, 6.45) is 0. The van der Waals surface area contributed by atoms with Gasteiger partial charge in [0, 0.05) is 42.3 Å². The second kappa shape index (κ2) is 11.9. The summed E-state index contributed by atoms with van der Waals surface area (Å²) < 4.78 is 2.45. The maximum atomic E-state index is 5.09. The Hall–Kier alpha value is -6.23. The van der Waals surface area contributed by atoms with E-state index in [2.05, 4.69) is 141 Å². The normalized spacial score (nSPS) is 13.0. The van der Waals surface area contributed by atoms with Crippen molar-refractivity contribution < 1.29 is 0 Å². The molecule has 1 aliphatic carbocycles. The lowest BCUT2D eigenvalue weighted by atomic mass is 9.79. The highest BCUT2D eigenvalue weighted by Gasteiger charge is 2.37. The van der Waals surface area contributed by atoms with Crippen molar-refractivity contribution in [3.8, 4) is 67.5 Å². The van der Waals surface area contributed by atoms with Crippen molar-refractivity contribution in [3.63, 3.8) is 0 Å². The zero-order valence-electron chi connectivity index (χ0n) is 28.8. The molecule has 7 aromatic carbocycles. The molecule has 9 aromatic rings. The van der Waals surface area contributed by atoms with Gasteiger partial charge in [0.15, 0.2) is 17.5 Å². The monoisotopic (exact) mass is 683 g/mol. The van der Waals surface area contributed by atoms with Crippen LogP contribution in [0.15, 0.2) is 164 Å². The molecule has 0 amide bonds. The Bertz CT molecular complexity index is 2740. The van der Waals surface area contributed by atoms with Gasteiger partial charge in [-0.15, -0.1) is 11.3 Å². The Morgan fingerprint density at radius 3 is 1.69 bits per heavy atom. The van der Waals surface area contributed by atoms with E-state index in [0.29, 0.717) is 17.5 Å². The van der Waals surface area contributed by atoms with Gasteiger partial charge in [0.05, 0.1) is 0 Å². The fourth-order valence-corrected chi connectivity index (χ4v) is 9.16. The molecule has 0 atom stereocenters. The molecule has 52 heavy (non-hydrogen) atoms. The van der Waals surface area contributed by atoms with E-state index in [1.54, 1.807) is 0 Å². The summed E-state index contributed by atoms with van der Waals surface area (Å²) >= 11 is 1.81. The van der Waals surface area contributed by atoms with Gasteiger partial charge in [-0.05, 0) is 62.7 Å². The minimum atomic E-state index is -0.0633. The van der Waals surface area contributed by atoms with Gasteiger partial charge < -0.3 is 0 Å². The summed E-state index contributed by atoms with van der Waals surface area (Å²) in [6.45, 7) is 4.71. The van der Waals surface area contributed by atoms with Crippen LogP contribution in [0.1, 0.15) is 25.0 Å². The lowest BCUT2D eigenvalue weighted by molar-refractivity contribution is 0.662. The van der Waals surface area contributed by atoms with E-state index in [4.69, 9.17) is 15.0 Å². The first-order valence-electron chi connectivity index (χ1n) is 17.7. The predicted molar refractivity (Wildman–Crippen MR) is 217 cm³/mol. The van der Waals surface area contributed by atoms with E-state index in [1.807, 2.05) is 47.7 Å². The van der Waals surface area contributed by atoms with Crippen LogP contribution in [0.3, 0.4) is 0 Å². The Balaban J connectivity index is 1.08. The van der Waals surface area contributed by atoms with Crippen molar-refractivity contribution in [3.05, 3.63) is 175 Å². The number of nitrogens with zero attached hydrogens (tertiary/aromatic N) is 3. The van der Waals surface area contributed by atoms with Crippen molar-refractivity contribution in [2.24, 2.45) is 0 Å². The summed E-state index contributed by atoms with van der Waals surface area (Å²) in [5, 5.41) is 2.38. The van der Waals surface area contributed by atoms with Crippen molar-refractivity contribution in [2.75, 3.05) is 0 Å². The van der Waals surface area contributed by atoms with Crippen LogP contribution in [0.25, 0.3) is 87.7 Å². The second-order valence-corrected chi connectivity index (χ2v) is 15.1. The zero-order valence-corrected chi connectivity index (χ0v) is 29.7. The van der Waals surface area contributed by atoms with Crippen molar-refractivity contribution in [1.29, 1.82) is 0 Å². The third-order valence-electron chi connectivity index (χ3n) is 10.5. The van der Waals surface area contributed by atoms with Crippen LogP contribution in [0.4, 0.5) is 0 Å². The van der Waals surface area contributed by atoms with Crippen molar-refractivity contribution in [1.82, 2.24) is 15.0 Å². The molecule has 0 fully saturated rings. The summed E-state index contributed by atoms with van der Waals surface area (Å²) in [6, 6.07) is 58.3. The third kappa shape index (κ3) is 4.90. The van der Waals surface area contributed by atoms with Crippen LogP contribution < -0.4 is 0 Å². The number of aromatic nitrogens is 3. The van der Waals surface area contributed by atoms with Crippen LogP contribution in [-0.2, 0) is 5.41 Å². The van der Waals surface area contributed by atoms with Gasteiger partial charge in [0.1, 0.15) is 0 Å². The van der Waals surface area contributed by atoms with E-state index < -0.39 is 0 Å². The lowest BCUT2D eigenvalue weighted by Crippen LogP contribution is -2.16. The molecule has 0 bridgehead atoms. The van der Waals surface area contributed by atoms with Crippen LogP contribution in [0.5, 0.6) is 0 Å². The molecule has 0 unspecified atom stereocenters. The molecule has 10 rings (SSSR count). The van der Waals surface area contributed by atoms with Gasteiger partial charge in [-0.2, -0.15) is 0 Å². The number of hydrogen-bond donors (Lipinski definition) is 0. The van der Waals surface area contributed by atoms with Crippen molar-refractivity contribution in [2.45, 2.75) is 19.3 Å². The Morgan fingerprint density at radius 2 is 0.962 bits per heavy atom. The molecule has 246 valence electrons. The van der Waals surface area contributed by atoms with Gasteiger partial charge in [0.2, 0.25) is 0 Å². The van der Waals surface area contributed by atoms with E-state index in [9.17, 15) is 0 Å². The van der Waals surface area contributed by atoms with Crippen LogP contribution in [-0.4, -0.2) is 15.0 Å². The van der Waals surface area contributed by atoms with Gasteiger partial charge >= 0.3 is 0 Å². The molecule has 4 heteroatoms. The molecule has 0 saturated carbocycles. The Labute approximate surface area is 307 Å². The lowest BCUT2D eigenvalue weighted by Gasteiger charge is -2.24. The smallest absolute Gasteiger partial charge is 0.164 e. The Kier molecular flexibility index (Phi) is 7.02. The molecule has 0 spiro atoms. The molecule has 0 N–H and O–H groups in total. The maximum absolute atomic E-state index is 5.09. The zero-order chi connectivity index (χ0) is 34.8. The fraction of sp³-hybridized carbons (Fsp3) is 0.0625. The highest BCUT2D eigenvalue weighted by Crippen LogP contribution is 2.52. The molecule has 1 aliphatic rings. The molecular weight excluding hydrogens is 651 g/mol. The number of thiophene rings is 1. The van der Waals surface area contributed by atoms with Gasteiger partial charge in [-0.3, -0.25) is 0 Å². The first-order chi connectivity index (χ1) is 25.5. The minimum Gasteiger partial charge on any atom is -0.208 e. The van der Waals surface area contributed by atoms with Gasteiger partial charge in [0.25, 0.3) is 0 Å². The first-order valence-corrected chi connectivity index (χ1v) is 18.5. The quantitative estimate of drug-likeness (QED) is 0.181. The van der Waals surface area contributed by atoms with E-state index >= 15 is 0 Å². The predicted octanol–water partition coefficient (Wildman–Crippen LogP) is 12.9. The molecule has 0 aliphatic heterocycles. The number of hydrogen-bond acceptors (Lipinski definition) is 4. The van der Waals surface area contributed by atoms with Crippen LogP contribution >= 0.6 is 11.3 Å². The summed E-state index contributed by atoms with van der Waals surface area (Å²) in [4.78, 5) is 15.1. The molecular formula is C48H33N3S. The summed E-state index contributed by atoms with van der Waals surface area (Å²) in [5.41, 5.74) is 13.3. The molecule has 2 aromatic heterocycles. The van der Waals surface area contributed by atoms with E-state index in [0.717, 1.165) is 16.7 Å². The molecule has 3 nitrogen and oxygen atoms in total. The maximum Gasteiger partial charge on any atom is 0.164 e. The van der Waals surface area contributed by atoms with Crippen LogP contribution in [0, 0.1) is 0 Å². The molecule has 2 heterocycles. The average Bonchev–Trinajstić information content (AvgIpc) is 3.70. The van der Waals surface area contributed by atoms with Crippen molar-refractivity contribution >= 4 is 31.5 Å². The Morgan fingerprint density at radius 1 is 0.404 bits per heavy atom. The minimum absolute atomic E-state index is 0.0633. The number of rotatable bonds is 5. The second-order valence-electron chi connectivity index (χ2n) is 14.0. The highest BCUT2D eigenvalue weighted by atomic mass is 32.1. The number of benzene rings is 7. The first kappa shape index (κ1) is 30.6. The molecule has 0 saturated heterocycles. The standard InChI is InChI=1S/C48H33N3S/c1-48(2)40-21-10-9-17-36(40)37-19-11-18-35(44(37)48)31-25-23-30(24-26-31)34-27-28-41-39(29-34)43-38(20-12-22-42(43)52-41)47-50-45(32-13-5-3-6-14-32)49-46(51-47)33-15-7-4-8-16-33/h3-29H,1-2H3. The number of fused-ring (bicyclic) bond motifs is 6. The SMILES string of the molecule is CC1(C)c2ccccc2-c2cccc(-c3ccc(-c4ccc5sc6cccc(-c7nc(-c8ccccc8)nc(-c8ccccc8)n7)c6c5c4)cc3)c21. The highest BCUT2D eigenvalue weighted by molar-refractivity contribution is 7.26. The largest absolute Gasteiger partial charge is 0.208 e. The van der Waals surface area contributed by atoms with Crippen LogP contribution in [0.2, 0.25) is 0 Å². The summed E-state index contributed by atoms with van der Waals surface area (Å²) in [5.74, 6) is 2.00. The third-order valence-corrected chi connectivity index (χ3v) is 11.7. The van der Waals surface area contributed by atoms with Gasteiger partial charge in [-0.1, -0.05) is 159 Å².